The molecule has 5 rings (SSSR count). The van der Waals surface area contributed by atoms with Gasteiger partial charge in [-0.15, -0.1) is 0 Å². The van der Waals surface area contributed by atoms with Gasteiger partial charge in [0.1, 0.15) is 40.5 Å². The van der Waals surface area contributed by atoms with Gasteiger partial charge in [0.2, 0.25) is 11.5 Å². The highest BCUT2D eigenvalue weighted by atomic mass is 19.4. The third-order valence-corrected chi connectivity index (χ3v) is 7.74. The number of hydrogen-bond donors (Lipinski definition) is 4. The molecule has 13 heteroatoms. The maximum absolute atomic E-state index is 14.6. The number of ether oxygens (including phenoxy) is 1. The molecule has 1 aliphatic rings. The van der Waals surface area contributed by atoms with Crippen LogP contribution in [0.5, 0.6) is 11.5 Å². The van der Waals surface area contributed by atoms with Gasteiger partial charge in [0.25, 0.3) is 5.91 Å². The normalized spacial score (nSPS) is 17.7. The first kappa shape index (κ1) is 29.7. The number of primary amides is 1. The molecule has 43 heavy (non-hydrogen) atoms. The molecule has 9 nitrogen and oxygen atoms in total. The van der Waals surface area contributed by atoms with Crippen LogP contribution in [0.3, 0.4) is 0 Å². The zero-order chi connectivity index (χ0) is 31.5. The van der Waals surface area contributed by atoms with Crippen LogP contribution in [0.4, 0.5) is 17.6 Å². The van der Waals surface area contributed by atoms with Gasteiger partial charge in [0.15, 0.2) is 0 Å². The summed E-state index contributed by atoms with van der Waals surface area (Å²) in [5.74, 6) is -2.94. The van der Waals surface area contributed by atoms with Crippen LogP contribution in [0.2, 0.25) is 0 Å². The average molecular weight is 599 g/mol. The van der Waals surface area contributed by atoms with E-state index in [4.69, 9.17) is 10.5 Å². The fraction of sp³-hybridized carbons (Fsp3) is 0.267. The Hall–Kier alpha value is -4.78. The summed E-state index contributed by atoms with van der Waals surface area (Å²) in [6, 6.07) is 9.58. The number of aromatic hydroxyl groups is 1. The van der Waals surface area contributed by atoms with Gasteiger partial charge >= 0.3 is 6.18 Å². The van der Waals surface area contributed by atoms with E-state index in [-0.39, 0.29) is 46.0 Å². The van der Waals surface area contributed by atoms with Crippen molar-refractivity contribution in [1.29, 1.82) is 0 Å². The van der Waals surface area contributed by atoms with Gasteiger partial charge in [0.05, 0.1) is 12.2 Å². The fourth-order valence-corrected chi connectivity index (χ4v) is 4.85. The minimum absolute atomic E-state index is 0.0454. The minimum Gasteiger partial charge on any atom is -0.506 e. The van der Waals surface area contributed by atoms with E-state index in [9.17, 15) is 37.4 Å². The summed E-state index contributed by atoms with van der Waals surface area (Å²) < 4.78 is 63.2. The number of hydrogen-bond acceptors (Lipinski definition) is 7. The third kappa shape index (κ3) is 4.99. The number of carbonyl (C=O) groups excluding carboxylic acids is 2. The quantitative estimate of drug-likeness (QED) is 0.245. The number of fused-ring (bicyclic) bond motifs is 2. The number of aliphatic hydroxyl groups is 1. The number of amides is 2. The summed E-state index contributed by atoms with van der Waals surface area (Å²) in [4.78, 5) is 33.8. The molecule has 4 aromatic rings. The van der Waals surface area contributed by atoms with E-state index >= 15 is 0 Å². The van der Waals surface area contributed by atoms with Gasteiger partial charge in [-0.3, -0.25) is 9.59 Å². The van der Waals surface area contributed by atoms with Crippen LogP contribution in [0.25, 0.3) is 22.2 Å². The van der Waals surface area contributed by atoms with Crippen molar-refractivity contribution < 1.29 is 42.1 Å². The molecule has 224 valence electrons. The molecule has 3 heterocycles. The van der Waals surface area contributed by atoms with Crippen molar-refractivity contribution in [3.8, 4) is 22.8 Å². The lowest BCUT2D eigenvalue weighted by molar-refractivity contribution is -0.265. The Morgan fingerprint density at radius 3 is 2.40 bits per heavy atom. The Morgan fingerprint density at radius 2 is 1.77 bits per heavy atom. The fourth-order valence-electron chi connectivity index (χ4n) is 4.85. The highest BCUT2D eigenvalue weighted by molar-refractivity contribution is 6.00. The molecule has 0 saturated heterocycles. The van der Waals surface area contributed by atoms with Crippen LogP contribution in [-0.4, -0.2) is 51.3 Å². The number of pyridine rings is 2. The number of halogens is 4. The second kappa shape index (κ2) is 10.2. The van der Waals surface area contributed by atoms with E-state index in [0.29, 0.717) is 11.1 Å². The highest BCUT2D eigenvalue weighted by Gasteiger charge is 2.57. The zero-order valence-corrected chi connectivity index (χ0v) is 23.1. The molecule has 0 spiro atoms. The van der Waals surface area contributed by atoms with Gasteiger partial charge in [-0.2, -0.15) is 13.2 Å². The first-order valence-corrected chi connectivity index (χ1v) is 13.0. The number of aromatic nitrogens is 2. The summed E-state index contributed by atoms with van der Waals surface area (Å²) in [5.41, 5.74) is 0.628. The summed E-state index contributed by atoms with van der Waals surface area (Å²) in [6.45, 7) is 3.18. The lowest BCUT2D eigenvalue weighted by atomic mass is 9.81. The molecule has 2 atom stereocenters. The van der Waals surface area contributed by atoms with Gasteiger partial charge in [-0.1, -0.05) is 0 Å². The van der Waals surface area contributed by atoms with Crippen LogP contribution in [0, 0.1) is 19.7 Å². The molecule has 0 saturated carbocycles. The Balaban J connectivity index is 1.58. The molecule has 0 fully saturated rings. The van der Waals surface area contributed by atoms with E-state index in [2.05, 4.69) is 15.3 Å². The zero-order valence-electron chi connectivity index (χ0n) is 23.1. The monoisotopic (exact) mass is 598 g/mol. The number of benzene rings is 2. The van der Waals surface area contributed by atoms with Crippen molar-refractivity contribution in [2.75, 3.05) is 13.2 Å². The molecule has 1 unspecified atom stereocenters. The average Bonchev–Trinajstić information content (AvgIpc) is 3.29. The minimum atomic E-state index is -5.38. The van der Waals surface area contributed by atoms with Crippen molar-refractivity contribution in [3.63, 3.8) is 0 Å². The number of nitrogens with two attached hydrogens (primary N) is 1. The highest BCUT2D eigenvalue weighted by Crippen LogP contribution is 2.47. The standard InChI is InChI=1S/C30H26F4N4O5/c1-14-8-17-9-18(10-21(39)23(17)37-15(14)2)26(40)36-12-29(42,30(32,33)34)22-11-20-25(43-13-28(20,3)27(35)41)24(38-22)16-4-6-19(31)7-5-16/h4-11,39,42H,12-13H2,1-3H3,(H2,35,41)(H,36,40)/t28-,29?/m0/s1. The lowest BCUT2D eigenvalue weighted by Crippen LogP contribution is -2.51. The first-order valence-electron chi connectivity index (χ1n) is 13.0. The van der Waals surface area contributed by atoms with Gasteiger partial charge in [-0.05, 0) is 74.9 Å². The van der Waals surface area contributed by atoms with Crippen LogP contribution in [0.1, 0.15) is 39.8 Å². The van der Waals surface area contributed by atoms with E-state index in [0.717, 1.165) is 29.8 Å². The Morgan fingerprint density at radius 1 is 1.09 bits per heavy atom. The maximum Gasteiger partial charge on any atom is 0.424 e. The molecule has 2 aromatic carbocycles. The van der Waals surface area contributed by atoms with Crippen LogP contribution in [0.15, 0.2) is 48.5 Å². The molecule has 5 N–H and O–H groups in total. The summed E-state index contributed by atoms with van der Waals surface area (Å²) >= 11 is 0. The second-order valence-electron chi connectivity index (χ2n) is 10.7. The predicted octanol–water partition coefficient (Wildman–Crippen LogP) is 4.07. The van der Waals surface area contributed by atoms with Crippen molar-refractivity contribution in [3.05, 3.63) is 82.4 Å². The number of phenols is 1. The Kier molecular flexibility index (Phi) is 7.04. The molecule has 2 aromatic heterocycles. The van der Waals surface area contributed by atoms with E-state index in [1.165, 1.54) is 25.1 Å². The second-order valence-corrected chi connectivity index (χ2v) is 10.7. The number of rotatable bonds is 6. The van der Waals surface area contributed by atoms with Crippen molar-refractivity contribution in [2.24, 2.45) is 5.73 Å². The Labute approximate surface area is 242 Å². The number of phenolic OH excluding ortho intramolecular Hbond substituents is 1. The van der Waals surface area contributed by atoms with Gasteiger partial charge in [-0.25, -0.2) is 14.4 Å². The summed E-state index contributed by atoms with van der Waals surface area (Å²) in [7, 11) is 0. The van der Waals surface area contributed by atoms with E-state index in [1.807, 2.05) is 0 Å². The molecule has 0 aliphatic carbocycles. The predicted molar refractivity (Wildman–Crippen MR) is 147 cm³/mol. The topological polar surface area (TPSA) is 148 Å². The molecular weight excluding hydrogens is 572 g/mol. The first-order chi connectivity index (χ1) is 20.0. The Bertz CT molecular complexity index is 1790. The molecule has 2 amide bonds. The van der Waals surface area contributed by atoms with Crippen LogP contribution >= 0.6 is 0 Å². The molecular formula is C30H26F4N4O5. The number of nitrogens with zero attached hydrogens (tertiary/aromatic N) is 2. The largest absolute Gasteiger partial charge is 0.506 e. The number of alkyl halides is 3. The van der Waals surface area contributed by atoms with Crippen LogP contribution in [-0.2, 0) is 15.8 Å². The number of nitrogens with one attached hydrogen (secondary N) is 1. The molecule has 0 bridgehead atoms. The lowest BCUT2D eigenvalue weighted by Gasteiger charge is -2.31. The molecule has 0 radical (unpaired) electrons. The van der Waals surface area contributed by atoms with Crippen molar-refractivity contribution in [2.45, 2.75) is 38.0 Å². The summed E-state index contributed by atoms with van der Waals surface area (Å²) in [5, 5.41) is 24.1. The third-order valence-electron chi connectivity index (χ3n) is 7.74. The SMILES string of the molecule is Cc1cc2cc(C(=O)NCC(O)(c3cc4c(c(-c5ccc(F)cc5)n3)OC[C@]4(C)C(N)=O)C(F)(F)F)cc(O)c2nc1C. The van der Waals surface area contributed by atoms with Crippen molar-refractivity contribution in [1.82, 2.24) is 15.3 Å². The smallest absolute Gasteiger partial charge is 0.424 e. The number of aryl methyl sites for hydroxylation is 2. The molecule has 1 aliphatic heterocycles. The summed E-state index contributed by atoms with van der Waals surface area (Å²) in [6.07, 6.45) is -5.38. The maximum atomic E-state index is 14.6. The van der Waals surface area contributed by atoms with E-state index < -0.39 is 47.1 Å². The van der Waals surface area contributed by atoms with E-state index in [1.54, 1.807) is 19.9 Å². The van der Waals surface area contributed by atoms with Crippen molar-refractivity contribution >= 4 is 22.7 Å². The van der Waals surface area contributed by atoms with Gasteiger partial charge < -0.3 is 26.0 Å². The number of carbonyl (C=O) groups is 2. The van der Waals surface area contributed by atoms with Gasteiger partial charge in [0, 0.05) is 27.8 Å². The van der Waals surface area contributed by atoms with Crippen LogP contribution < -0.4 is 15.8 Å².